The summed E-state index contributed by atoms with van der Waals surface area (Å²) in [7, 11) is 0. The Hall–Kier alpha value is -1.84. The van der Waals surface area contributed by atoms with E-state index in [1.54, 1.807) is 0 Å². The highest BCUT2D eigenvalue weighted by atomic mass is 16.4. The number of carboxylic acids is 1. The van der Waals surface area contributed by atoms with E-state index < -0.39 is 5.97 Å². The average Bonchev–Trinajstić information content (AvgIpc) is 2.25. The number of hydrogen-bond acceptors (Lipinski definition) is 3. The second-order valence-corrected chi connectivity index (χ2v) is 3.16. The predicted molar refractivity (Wildman–Crippen MR) is 56.3 cm³/mol. The third kappa shape index (κ3) is 3.81. The van der Waals surface area contributed by atoms with E-state index in [9.17, 15) is 4.79 Å². The third-order valence-electron chi connectivity index (χ3n) is 2.03. The number of oxime groups is 1. The molecule has 0 saturated heterocycles. The van der Waals surface area contributed by atoms with Gasteiger partial charge in [-0.15, -0.1) is 0 Å². The molecule has 0 radical (unpaired) electrons. The van der Waals surface area contributed by atoms with Crippen LogP contribution in [0.4, 0.5) is 0 Å². The van der Waals surface area contributed by atoms with Gasteiger partial charge in [-0.2, -0.15) is 0 Å². The maximum absolute atomic E-state index is 10.3. The lowest BCUT2D eigenvalue weighted by molar-refractivity contribution is -0.137. The van der Waals surface area contributed by atoms with E-state index in [2.05, 4.69) is 5.16 Å². The Morgan fingerprint density at radius 2 is 1.87 bits per heavy atom. The van der Waals surface area contributed by atoms with Crippen molar-refractivity contribution >= 4 is 11.7 Å². The molecule has 15 heavy (non-hydrogen) atoms. The monoisotopic (exact) mass is 207 g/mol. The molecule has 0 saturated carbocycles. The average molecular weight is 207 g/mol. The van der Waals surface area contributed by atoms with Crippen molar-refractivity contribution in [2.75, 3.05) is 0 Å². The molecule has 1 aromatic carbocycles. The quantitative estimate of drug-likeness (QED) is 0.441. The van der Waals surface area contributed by atoms with Gasteiger partial charge in [0.2, 0.25) is 0 Å². The van der Waals surface area contributed by atoms with Crippen LogP contribution in [-0.2, 0) is 4.79 Å². The Balaban J connectivity index is 2.55. The first kappa shape index (κ1) is 11.2. The topological polar surface area (TPSA) is 69.9 Å². The number of carbonyl (C=O) groups is 1. The number of carboxylic acid groups (broad SMARTS) is 1. The smallest absolute Gasteiger partial charge is 0.303 e. The molecule has 1 aromatic rings. The predicted octanol–water partition coefficient (Wildman–Crippen LogP) is 2.12. The molecule has 0 aromatic heterocycles. The number of hydrogen-bond donors (Lipinski definition) is 2. The van der Waals surface area contributed by atoms with Gasteiger partial charge in [-0.1, -0.05) is 35.5 Å². The van der Waals surface area contributed by atoms with Crippen LogP contribution in [0.2, 0.25) is 0 Å². The first-order chi connectivity index (χ1) is 7.24. The zero-order valence-electron chi connectivity index (χ0n) is 8.26. The molecule has 0 atom stereocenters. The van der Waals surface area contributed by atoms with Crippen LogP contribution in [0, 0.1) is 0 Å². The first-order valence-corrected chi connectivity index (χ1v) is 4.72. The van der Waals surface area contributed by atoms with Crippen LogP contribution in [0.5, 0.6) is 0 Å². The Labute approximate surface area is 87.9 Å². The largest absolute Gasteiger partial charge is 0.481 e. The van der Waals surface area contributed by atoms with Gasteiger partial charge in [-0.05, 0) is 18.4 Å². The fourth-order valence-corrected chi connectivity index (χ4v) is 1.29. The van der Waals surface area contributed by atoms with E-state index in [-0.39, 0.29) is 6.42 Å². The second kappa shape index (κ2) is 5.80. The summed E-state index contributed by atoms with van der Waals surface area (Å²) in [6.45, 7) is 0. The minimum Gasteiger partial charge on any atom is -0.481 e. The van der Waals surface area contributed by atoms with E-state index >= 15 is 0 Å². The van der Waals surface area contributed by atoms with Gasteiger partial charge in [0.05, 0.1) is 5.71 Å². The maximum atomic E-state index is 10.3. The van der Waals surface area contributed by atoms with E-state index in [4.69, 9.17) is 10.3 Å². The Morgan fingerprint density at radius 1 is 1.20 bits per heavy atom. The molecule has 0 heterocycles. The Morgan fingerprint density at radius 3 is 2.40 bits per heavy atom. The van der Waals surface area contributed by atoms with Gasteiger partial charge in [0.15, 0.2) is 0 Å². The highest BCUT2D eigenvalue weighted by Gasteiger charge is 2.05. The Kier molecular flexibility index (Phi) is 4.34. The van der Waals surface area contributed by atoms with Crippen LogP contribution >= 0.6 is 0 Å². The standard InChI is InChI=1S/C11H13NO3/c13-11(14)8-4-7-10(12-15)9-5-2-1-3-6-9/h1-3,5-6,15H,4,7-8H2,(H,13,14). The lowest BCUT2D eigenvalue weighted by Crippen LogP contribution is -2.03. The molecular formula is C11H13NO3. The third-order valence-corrected chi connectivity index (χ3v) is 2.03. The highest BCUT2D eigenvalue weighted by Crippen LogP contribution is 2.07. The van der Waals surface area contributed by atoms with Crippen molar-refractivity contribution < 1.29 is 15.1 Å². The Bertz CT molecular complexity index is 346. The van der Waals surface area contributed by atoms with Crippen LogP contribution in [0.3, 0.4) is 0 Å². The summed E-state index contributed by atoms with van der Waals surface area (Å²) in [5.74, 6) is -0.833. The van der Waals surface area contributed by atoms with Crippen LogP contribution in [-0.4, -0.2) is 22.0 Å². The molecule has 0 amide bonds. The minimum absolute atomic E-state index is 0.0891. The van der Waals surface area contributed by atoms with Crippen molar-refractivity contribution in [1.82, 2.24) is 0 Å². The summed E-state index contributed by atoms with van der Waals surface area (Å²) in [6, 6.07) is 9.22. The number of aliphatic carboxylic acids is 1. The van der Waals surface area contributed by atoms with Crippen molar-refractivity contribution in [3.05, 3.63) is 35.9 Å². The molecule has 0 aliphatic rings. The summed E-state index contributed by atoms with van der Waals surface area (Å²) in [5, 5.41) is 20.4. The normalized spacial score (nSPS) is 11.3. The van der Waals surface area contributed by atoms with Crippen molar-refractivity contribution in [2.45, 2.75) is 19.3 Å². The van der Waals surface area contributed by atoms with Crippen molar-refractivity contribution in [1.29, 1.82) is 0 Å². The lowest BCUT2D eigenvalue weighted by Gasteiger charge is -2.02. The summed E-state index contributed by atoms with van der Waals surface area (Å²) in [5.41, 5.74) is 1.35. The van der Waals surface area contributed by atoms with Crippen molar-refractivity contribution in [3.63, 3.8) is 0 Å². The fraction of sp³-hybridized carbons (Fsp3) is 0.273. The number of rotatable bonds is 5. The van der Waals surface area contributed by atoms with Gasteiger partial charge in [-0.25, -0.2) is 0 Å². The molecule has 0 bridgehead atoms. The van der Waals surface area contributed by atoms with Gasteiger partial charge in [-0.3, -0.25) is 4.79 Å². The SMILES string of the molecule is O=C(O)CCCC(=NO)c1ccccc1. The molecule has 1 rings (SSSR count). The summed E-state index contributed by atoms with van der Waals surface area (Å²) in [6.07, 6.45) is 1.03. The van der Waals surface area contributed by atoms with E-state index in [0.29, 0.717) is 18.6 Å². The summed E-state index contributed by atoms with van der Waals surface area (Å²) in [4.78, 5) is 10.3. The molecule has 0 fully saturated rings. The van der Waals surface area contributed by atoms with Crippen molar-refractivity contribution in [3.8, 4) is 0 Å². The van der Waals surface area contributed by atoms with Crippen LogP contribution in [0.25, 0.3) is 0 Å². The molecule has 0 spiro atoms. The van der Waals surface area contributed by atoms with E-state index in [0.717, 1.165) is 5.56 Å². The second-order valence-electron chi connectivity index (χ2n) is 3.16. The van der Waals surface area contributed by atoms with Gasteiger partial charge >= 0.3 is 5.97 Å². The molecule has 4 heteroatoms. The van der Waals surface area contributed by atoms with Gasteiger partial charge < -0.3 is 10.3 Å². The first-order valence-electron chi connectivity index (χ1n) is 4.72. The number of benzene rings is 1. The lowest BCUT2D eigenvalue weighted by atomic mass is 10.0. The van der Waals surface area contributed by atoms with Crippen LogP contribution < -0.4 is 0 Å². The maximum Gasteiger partial charge on any atom is 0.303 e. The zero-order chi connectivity index (χ0) is 11.1. The molecule has 0 aliphatic carbocycles. The number of nitrogens with zero attached hydrogens (tertiary/aromatic N) is 1. The fourth-order valence-electron chi connectivity index (χ4n) is 1.29. The van der Waals surface area contributed by atoms with Crippen molar-refractivity contribution in [2.24, 2.45) is 5.16 Å². The van der Waals surface area contributed by atoms with Crippen LogP contribution in [0.15, 0.2) is 35.5 Å². The zero-order valence-corrected chi connectivity index (χ0v) is 8.26. The minimum atomic E-state index is -0.833. The summed E-state index contributed by atoms with van der Waals surface area (Å²) >= 11 is 0. The van der Waals surface area contributed by atoms with E-state index in [1.165, 1.54) is 0 Å². The van der Waals surface area contributed by atoms with Gasteiger partial charge in [0.1, 0.15) is 0 Å². The van der Waals surface area contributed by atoms with E-state index in [1.807, 2.05) is 30.3 Å². The molecule has 2 N–H and O–H groups in total. The summed E-state index contributed by atoms with van der Waals surface area (Å²) < 4.78 is 0. The highest BCUT2D eigenvalue weighted by molar-refractivity contribution is 6.00. The molecule has 4 nitrogen and oxygen atoms in total. The van der Waals surface area contributed by atoms with Gasteiger partial charge in [0, 0.05) is 6.42 Å². The van der Waals surface area contributed by atoms with Crippen LogP contribution in [0.1, 0.15) is 24.8 Å². The molecule has 0 aliphatic heterocycles. The molecule has 80 valence electrons. The molecule has 0 unspecified atom stereocenters. The van der Waals surface area contributed by atoms with Gasteiger partial charge in [0.25, 0.3) is 0 Å². The molecular weight excluding hydrogens is 194 g/mol.